The maximum Gasteiger partial charge on any atom is 0.303 e. The topological polar surface area (TPSA) is 35.5 Å². The van der Waals surface area contributed by atoms with Crippen molar-refractivity contribution in [3.8, 4) is 0 Å². The van der Waals surface area contributed by atoms with Gasteiger partial charge in [0.15, 0.2) is 0 Å². The van der Waals surface area contributed by atoms with Crippen LogP contribution < -0.4 is 0 Å². The van der Waals surface area contributed by atoms with E-state index in [4.69, 9.17) is 9.47 Å². The molecular weight excluding hydrogens is 300 g/mol. The van der Waals surface area contributed by atoms with Gasteiger partial charge in [0.2, 0.25) is 0 Å². The summed E-state index contributed by atoms with van der Waals surface area (Å²) in [6, 6.07) is 0. The molecule has 24 heavy (non-hydrogen) atoms. The first-order valence-electron chi connectivity index (χ1n) is 9.91. The Hall–Kier alpha value is -0.830. The van der Waals surface area contributed by atoms with E-state index in [0.717, 1.165) is 12.8 Å². The van der Waals surface area contributed by atoms with E-state index >= 15 is 0 Å². The molecule has 0 aliphatic carbocycles. The Kier molecular flexibility index (Phi) is 17.9. The fourth-order valence-electron chi connectivity index (χ4n) is 2.64. The van der Waals surface area contributed by atoms with Gasteiger partial charge in [0.25, 0.3) is 0 Å². The van der Waals surface area contributed by atoms with E-state index in [1.54, 1.807) is 0 Å². The molecule has 0 aromatic carbocycles. The summed E-state index contributed by atoms with van der Waals surface area (Å²) in [5.74, 6) is -0.262. The summed E-state index contributed by atoms with van der Waals surface area (Å²) in [7, 11) is 0. The van der Waals surface area contributed by atoms with Crippen LogP contribution in [-0.4, -0.2) is 25.3 Å². The van der Waals surface area contributed by atoms with Crippen molar-refractivity contribution in [3.63, 3.8) is 0 Å². The van der Waals surface area contributed by atoms with Crippen molar-refractivity contribution >= 4 is 5.97 Å². The highest BCUT2D eigenvalue weighted by Gasteiger charge is 2.07. The second-order valence-corrected chi connectivity index (χ2v) is 6.48. The van der Waals surface area contributed by atoms with Crippen LogP contribution in [0.2, 0.25) is 0 Å². The van der Waals surface area contributed by atoms with Crippen LogP contribution in [0.1, 0.15) is 90.9 Å². The highest BCUT2D eigenvalue weighted by Crippen LogP contribution is 2.11. The molecule has 0 spiro atoms. The molecule has 0 rings (SSSR count). The fourth-order valence-corrected chi connectivity index (χ4v) is 2.64. The predicted molar refractivity (Wildman–Crippen MR) is 102 cm³/mol. The van der Waals surface area contributed by atoms with Crippen LogP contribution in [-0.2, 0) is 14.3 Å². The molecule has 0 heterocycles. The van der Waals surface area contributed by atoms with E-state index in [-0.39, 0.29) is 12.1 Å². The number of hydrogen-bond donors (Lipinski definition) is 0. The van der Waals surface area contributed by atoms with E-state index < -0.39 is 0 Å². The van der Waals surface area contributed by atoms with Crippen molar-refractivity contribution in [2.45, 2.75) is 97.0 Å². The number of carbonyl (C=O) groups is 1. The Labute approximate surface area is 150 Å². The largest absolute Gasteiger partial charge is 0.456 e. The smallest absolute Gasteiger partial charge is 0.303 e. The standard InChI is InChI=1S/C21H39O3/c1-4-6-7-8-9-10-11-12-13-14-15-16-17-21(24-20(3)22)19-23-18-5-2/h16-17,21H,2,4-15,18-19H2,1,3H3. The lowest BCUT2D eigenvalue weighted by atomic mass is 10.1. The van der Waals surface area contributed by atoms with Crippen molar-refractivity contribution < 1.29 is 14.3 Å². The molecule has 0 aliphatic heterocycles. The summed E-state index contributed by atoms with van der Waals surface area (Å²) >= 11 is 0. The van der Waals surface area contributed by atoms with Crippen molar-refractivity contribution in [3.05, 3.63) is 19.1 Å². The summed E-state index contributed by atoms with van der Waals surface area (Å²) in [6.07, 6.45) is 19.1. The molecule has 0 saturated heterocycles. The maximum atomic E-state index is 11.1. The van der Waals surface area contributed by atoms with Crippen LogP contribution in [0.25, 0.3) is 0 Å². The zero-order valence-electron chi connectivity index (χ0n) is 16.1. The number of ether oxygens (including phenoxy) is 2. The molecule has 3 heteroatoms. The van der Waals surface area contributed by atoms with Gasteiger partial charge in [-0.25, -0.2) is 0 Å². The van der Waals surface area contributed by atoms with Crippen LogP contribution in [0.5, 0.6) is 0 Å². The molecule has 0 amide bonds. The third-order valence-corrected chi connectivity index (χ3v) is 3.96. The van der Waals surface area contributed by atoms with Crippen LogP contribution in [0.15, 0.2) is 12.2 Å². The molecule has 0 N–H and O–H groups in total. The van der Waals surface area contributed by atoms with Crippen LogP contribution >= 0.6 is 0 Å². The van der Waals surface area contributed by atoms with Gasteiger partial charge >= 0.3 is 5.97 Å². The molecule has 0 saturated carbocycles. The van der Waals surface area contributed by atoms with Gasteiger partial charge in [-0.2, -0.15) is 0 Å². The molecule has 1 unspecified atom stereocenters. The molecular formula is C21H39O3. The molecule has 0 fully saturated rings. The van der Waals surface area contributed by atoms with Crippen LogP contribution in [0, 0.1) is 6.92 Å². The van der Waals surface area contributed by atoms with E-state index in [9.17, 15) is 4.79 Å². The average molecular weight is 340 g/mol. The molecule has 0 aliphatic rings. The number of hydrogen-bond acceptors (Lipinski definition) is 3. The second kappa shape index (κ2) is 18.5. The Morgan fingerprint density at radius 3 is 2.12 bits per heavy atom. The molecule has 1 radical (unpaired) electrons. The lowest BCUT2D eigenvalue weighted by Gasteiger charge is -2.13. The minimum absolute atomic E-state index is 0.262. The Bertz CT molecular complexity index is 299. The van der Waals surface area contributed by atoms with Gasteiger partial charge in [0, 0.05) is 13.5 Å². The van der Waals surface area contributed by atoms with Gasteiger partial charge in [0.1, 0.15) is 6.10 Å². The first-order chi connectivity index (χ1) is 11.7. The van der Waals surface area contributed by atoms with E-state index in [1.807, 2.05) is 6.08 Å². The minimum atomic E-state index is -0.267. The Balaban J connectivity index is 3.56. The first-order valence-corrected chi connectivity index (χ1v) is 9.91. The number of carbonyl (C=O) groups excluding carboxylic acids is 1. The zero-order valence-corrected chi connectivity index (χ0v) is 16.1. The molecule has 0 aromatic heterocycles. The number of rotatable bonds is 17. The molecule has 0 bridgehead atoms. The average Bonchev–Trinajstić information content (AvgIpc) is 2.55. The quantitative estimate of drug-likeness (QED) is 0.184. The first kappa shape index (κ1) is 23.2. The van der Waals surface area contributed by atoms with Crippen molar-refractivity contribution in [2.24, 2.45) is 0 Å². The van der Waals surface area contributed by atoms with Gasteiger partial charge in [-0.15, -0.1) is 0 Å². The van der Waals surface area contributed by atoms with Crippen LogP contribution in [0.4, 0.5) is 0 Å². The second-order valence-electron chi connectivity index (χ2n) is 6.48. The summed E-state index contributed by atoms with van der Waals surface area (Å²) in [5, 5.41) is 0. The summed E-state index contributed by atoms with van der Waals surface area (Å²) < 4.78 is 10.6. The highest BCUT2D eigenvalue weighted by atomic mass is 16.6. The summed E-state index contributed by atoms with van der Waals surface area (Å²) in [6.45, 7) is 8.45. The number of esters is 1. The maximum absolute atomic E-state index is 11.1. The molecule has 141 valence electrons. The van der Waals surface area contributed by atoms with Gasteiger partial charge in [-0.1, -0.05) is 77.7 Å². The third-order valence-electron chi connectivity index (χ3n) is 3.96. The Morgan fingerprint density at radius 1 is 1.00 bits per heavy atom. The number of allylic oxidation sites excluding steroid dienone is 1. The summed E-state index contributed by atoms with van der Waals surface area (Å²) in [4.78, 5) is 11.1. The Morgan fingerprint density at radius 2 is 1.58 bits per heavy atom. The minimum Gasteiger partial charge on any atom is -0.456 e. The van der Waals surface area contributed by atoms with E-state index in [1.165, 1.54) is 71.1 Å². The third kappa shape index (κ3) is 17.5. The predicted octanol–water partition coefficient (Wildman–Crippen LogP) is 6.03. The van der Waals surface area contributed by atoms with Gasteiger partial charge in [-0.05, 0) is 25.3 Å². The molecule has 1 atom stereocenters. The monoisotopic (exact) mass is 339 g/mol. The normalized spacial score (nSPS) is 12.6. The van der Waals surface area contributed by atoms with Crippen molar-refractivity contribution in [2.75, 3.05) is 13.2 Å². The van der Waals surface area contributed by atoms with Gasteiger partial charge < -0.3 is 9.47 Å². The van der Waals surface area contributed by atoms with Gasteiger partial charge in [0.05, 0.1) is 6.61 Å². The number of unbranched alkanes of at least 4 members (excludes halogenated alkanes) is 10. The van der Waals surface area contributed by atoms with Gasteiger partial charge in [-0.3, -0.25) is 4.79 Å². The fraction of sp³-hybridized carbons (Fsp3) is 0.810. The zero-order chi connectivity index (χ0) is 17.9. The SMILES string of the molecule is [CH2]CCOCC(C=CCCCCCCCCCCCC)OC(C)=O. The van der Waals surface area contributed by atoms with E-state index in [2.05, 4.69) is 19.9 Å². The highest BCUT2D eigenvalue weighted by molar-refractivity contribution is 5.66. The lowest BCUT2D eigenvalue weighted by molar-refractivity contribution is -0.146. The molecule has 3 nitrogen and oxygen atoms in total. The van der Waals surface area contributed by atoms with Crippen molar-refractivity contribution in [1.82, 2.24) is 0 Å². The van der Waals surface area contributed by atoms with E-state index in [0.29, 0.717) is 13.2 Å². The summed E-state index contributed by atoms with van der Waals surface area (Å²) in [5.41, 5.74) is 0. The van der Waals surface area contributed by atoms with Crippen LogP contribution in [0.3, 0.4) is 0 Å². The molecule has 0 aromatic rings. The van der Waals surface area contributed by atoms with Crippen molar-refractivity contribution in [1.29, 1.82) is 0 Å². The lowest BCUT2D eigenvalue weighted by Crippen LogP contribution is -2.20.